The molecule has 1 heterocycles. The molecule has 1 aliphatic carbocycles. The smallest absolute Gasteiger partial charge is 0.0358 e. The van der Waals surface area contributed by atoms with Gasteiger partial charge in [-0.3, -0.25) is 0 Å². The standard InChI is InChI=1S/C26H34S/c1-7-10-15-26(6)16-25(4,5)19-12-14-21-23(24(19)26)22-18(9-3)17(8-2)11-13-20(22)27-21/h11-14H,7-10,15-16H2,1-6H3. The second-order valence-electron chi connectivity index (χ2n) is 9.47. The first-order valence-corrected chi connectivity index (χ1v) is 11.7. The van der Waals surface area contributed by atoms with Crippen molar-refractivity contribution in [2.24, 2.45) is 0 Å². The quantitative estimate of drug-likeness (QED) is 0.419. The minimum atomic E-state index is 0.273. The van der Waals surface area contributed by atoms with Crippen LogP contribution in [0.4, 0.5) is 0 Å². The summed E-state index contributed by atoms with van der Waals surface area (Å²) >= 11 is 2.00. The molecule has 144 valence electrons. The summed E-state index contributed by atoms with van der Waals surface area (Å²) in [5.41, 5.74) is 7.00. The van der Waals surface area contributed by atoms with Crippen LogP contribution in [-0.4, -0.2) is 0 Å². The topological polar surface area (TPSA) is 0 Å². The molecule has 2 aromatic carbocycles. The van der Waals surface area contributed by atoms with E-state index in [2.05, 4.69) is 65.8 Å². The molecule has 1 unspecified atom stereocenters. The van der Waals surface area contributed by atoms with Gasteiger partial charge in [-0.15, -0.1) is 11.3 Å². The molecule has 1 heteroatoms. The summed E-state index contributed by atoms with van der Waals surface area (Å²) < 4.78 is 2.97. The SMILES string of the molecule is CCCCC1(C)CC(C)(C)c2ccc3sc4ccc(CC)c(CC)c4c3c21. The molecule has 1 atom stereocenters. The summed E-state index contributed by atoms with van der Waals surface area (Å²) in [7, 11) is 0. The maximum absolute atomic E-state index is 2.55. The van der Waals surface area contributed by atoms with Crippen LogP contribution in [0.5, 0.6) is 0 Å². The maximum atomic E-state index is 2.55. The zero-order chi connectivity index (χ0) is 19.4. The molecular formula is C26H34S. The van der Waals surface area contributed by atoms with E-state index < -0.39 is 0 Å². The van der Waals surface area contributed by atoms with Crippen LogP contribution in [0, 0.1) is 0 Å². The fourth-order valence-corrected chi connectivity index (χ4v) is 7.07. The van der Waals surface area contributed by atoms with Crippen LogP contribution in [-0.2, 0) is 23.7 Å². The van der Waals surface area contributed by atoms with Crippen molar-refractivity contribution >= 4 is 31.5 Å². The average Bonchev–Trinajstić information content (AvgIpc) is 3.11. The van der Waals surface area contributed by atoms with Gasteiger partial charge in [0.1, 0.15) is 0 Å². The van der Waals surface area contributed by atoms with Crippen LogP contribution in [0.15, 0.2) is 24.3 Å². The lowest BCUT2D eigenvalue weighted by Crippen LogP contribution is -2.22. The number of unbranched alkanes of at least 4 members (excludes halogenated alkanes) is 1. The van der Waals surface area contributed by atoms with Gasteiger partial charge < -0.3 is 0 Å². The highest BCUT2D eigenvalue weighted by molar-refractivity contribution is 7.25. The third-order valence-electron chi connectivity index (χ3n) is 6.99. The monoisotopic (exact) mass is 378 g/mol. The van der Waals surface area contributed by atoms with E-state index in [0.29, 0.717) is 5.41 Å². The van der Waals surface area contributed by atoms with Crippen molar-refractivity contribution in [2.75, 3.05) is 0 Å². The summed E-state index contributed by atoms with van der Waals surface area (Å²) in [6.45, 7) is 14.4. The van der Waals surface area contributed by atoms with E-state index in [1.807, 2.05) is 11.3 Å². The Balaban J connectivity index is 2.14. The molecule has 0 fully saturated rings. The molecule has 1 aliphatic rings. The summed E-state index contributed by atoms with van der Waals surface area (Å²) in [6.07, 6.45) is 7.46. The molecule has 0 N–H and O–H groups in total. The van der Waals surface area contributed by atoms with Crippen molar-refractivity contribution in [3.63, 3.8) is 0 Å². The minimum absolute atomic E-state index is 0.273. The number of benzene rings is 2. The Morgan fingerprint density at radius 3 is 2.26 bits per heavy atom. The Hall–Kier alpha value is -1.34. The van der Waals surface area contributed by atoms with E-state index in [1.165, 1.54) is 40.6 Å². The Bertz CT molecular complexity index is 1000. The van der Waals surface area contributed by atoms with Gasteiger partial charge in [-0.1, -0.05) is 66.5 Å². The molecule has 0 amide bonds. The van der Waals surface area contributed by atoms with Crippen LogP contribution in [0.2, 0.25) is 0 Å². The van der Waals surface area contributed by atoms with Gasteiger partial charge in [0, 0.05) is 20.2 Å². The minimum Gasteiger partial charge on any atom is -0.135 e. The van der Waals surface area contributed by atoms with Gasteiger partial charge in [0.25, 0.3) is 0 Å². The third-order valence-corrected chi connectivity index (χ3v) is 8.11. The van der Waals surface area contributed by atoms with Crippen LogP contribution >= 0.6 is 11.3 Å². The molecule has 3 aromatic rings. The third kappa shape index (κ3) is 2.77. The number of aryl methyl sites for hydroxylation is 2. The van der Waals surface area contributed by atoms with Crippen molar-refractivity contribution in [2.45, 2.75) is 90.9 Å². The van der Waals surface area contributed by atoms with Gasteiger partial charge in [-0.25, -0.2) is 0 Å². The predicted octanol–water partition coefficient (Wildman–Crippen LogP) is 8.31. The highest BCUT2D eigenvalue weighted by atomic mass is 32.1. The summed E-state index contributed by atoms with van der Waals surface area (Å²) in [5.74, 6) is 0. The van der Waals surface area contributed by atoms with Gasteiger partial charge >= 0.3 is 0 Å². The van der Waals surface area contributed by atoms with Crippen molar-refractivity contribution in [1.82, 2.24) is 0 Å². The molecule has 4 rings (SSSR count). The average molecular weight is 379 g/mol. The molecule has 0 nitrogen and oxygen atoms in total. The summed E-state index contributed by atoms with van der Waals surface area (Å²) in [4.78, 5) is 0. The van der Waals surface area contributed by atoms with E-state index in [4.69, 9.17) is 0 Å². The number of thiophene rings is 1. The number of hydrogen-bond donors (Lipinski definition) is 0. The zero-order valence-corrected chi connectivity index (χ0v) is 18.8. The first-order valence-electron chi connectivity index (χ1n) is 10.9. The van der Waals surface area contributed by atoms with Gasteiger partial charge in [0.2, 0.25) is 0 Å². The fraction of sp³-hybridized carbons (Fsp3) is 0.538. The molecular weight excluding hydrogens is 344 g/mol. The number of rotatable bonds is 5. The van der Waals surface area contributed by atoms with E-state index >= 15 is 0 Å². The van der Waals surface area contributed by atoms with Crippen molar-refractivity contribution < 1.29 is 0 Å². The normalized spacial score (nSPS) is 21.3. The molecule has 0 saturated heterocycles. The van der Waals surface area contributed by atoms with Gasteiger partial charge in [0.15, 0.2) is 0 Å². The lowest BCUT2D eigenvalue weighted by Gasteiger charge is -2.28. The molecule has 0 spiro atoms. The van der Waals surface area contributed by atoms with Gasteiger partial charge in [0.05, 0.1) is 0 Å². The Kier molecular flexibility index (Phi) is 4.66. The van der Waals surface area contributed by atoms with Crippen LogP contribution in [0.3, 0.4) is 0 Å². The molecule has 1 aromatic heterocycles. The van der Waals surface area contributed by atoms with Crippen molar-refractivity contribution in [1.29, 1.82) is 0 Å². The van der Waals surface area contributed by atoms with E-state index in [1.54, 1.807) is 27.5 Å². The van der Waals surface area contributed by atoms with Crippen LogP contribution < -0.4 is 0 Å². The Morgan fingerprint density at radius 2 is 1.59 bits per heavy atom. The first-order chi connectivity index (χ1) is 12.9. The largest absolute Gasteiger partial charge is 0.135 e. The van der Waals surface area contributed by atoms with Gasteiger partial charge in [-0.05, 0) is 70.9 Å². The Labute approximate surface area is 169 Å². The predicted molar refractivity (Wildman–Crippen MR) is 123 cm³/mol. The maximum Gasteiger partial charge on any atom is 0.0358 e. The number of fused-ring (bicyclic) bond motifs is 5. The van der Waals surface area contributed by atoms with Crippen LogP contribution in [0.25, 0.3) is 20.2 Å². The molecule has 0 radical (unpaired) electrons. The summed E-state index contributed by atoms with van der Waals surface area (Å²) in [5, 5.41) is 3.18. The second kappa shape index (κ2) is 6.62. The second-order valence-corrected chi connectivity index (χ2v) is 10.6. The highest BCUT2D eigenvalue weighted by Crippen LogP contribution is 2.56. The lowest BCUT2D eigenvalue weighted by atomic mass is 9.76. The van der Waals surface area contributed by atoms with E-state index in [9.17, 15) is 0 Å². The molecule has 0 bridgehead atoms. The molecule has 0 aliphatic heterocycles. The zero-order valence-electron chi connectivity index (χ0n) is 18.0. The highest BCUT2D eigenvalue weighted by Gasteiger charge is 2.45. The van der Waals surface area contributed by atoms with Gasteiger partial charge in [-0.2, -0.15) is 0 Å². The number of hydrogen-bond acceptors (Lipinski definition) is 1. The lowest BCUT2D eigenvalue weighted by molar-refractivity contribution is 0.348. The van der Waals surface area contributed by atoms with Crippen LogP contribution in [0.1, 0.15) is 89.5 Å². The molecule has 0 saturated carbocycles. The fourth-order valence-electron chi connectivity index (χ4n) is 5.93. The van der Waals surface area contributed by atoms with Crippen molar-refractivity contribution in [3.8, 4) is 0 Å². The Morgan fingerprint density at radius 1 is 0.889 bits per heavy atom. The van der Waals surface area contributed by atoms with E-state index in [-0.39, 0.29) is 5.41 Å². The first kappa shape index (κ1) is 19.0. The van der Waals surface area contributed by atoms with Crippen molar-refractivity contribution in [3.05, 3.63) is 46.5 Å². The van der Waals surface area contributed by atoms with E-state index in [0.717, 1.165) is 12.8 Å². The summed E-state index contributed by atoms with van der Waals surface area (Å²) in [6, 6.07) is 9.62. The molecule has 27 heavy (non-hydrogen) atoms.